The average molecular weight is 238 g/mol. The van der Waals surface area contributed by atoms with E-state index in [2.05, 4.69) is 48.5 Å². The van der Waals surface area contributed by atoms with Crippen molar-refractivity contribution in [3.05, 3.63) is 22.4 Å². The van der Waals surface area contributed by atoms with Gasteiger partial charge in [0, 0.05) is 37.1 Å². The van der Waals surface area contributed by atoms with Gasteiger partial charge in [0.05, 0.1) is 0 Å². The largest absolute Gasteiger partial charge is 0.314 e. The van der Waals surface area contributed by atoms with Crippen LogP contribution in [-0.2, 0) is 6.54 Å². The number of nitrogens with zero attached hydrogens (tertiary/aromatic N) is 1. The van der Waals surface area contributed by atoms with Gasteiger partial charge in [-0.05, 0) is 16.9 Å². The summed E-state index contributed by atoms with van der Waals surface area (Å²) in [6.07, 6.45) is 0. The highest BCUT2D eigenvalue weighted by atomic mass is 32.1. The van der Waals surface area contributed by atoms with Gasteiger partial charge in [-0.2, -0.15) is 0 Å². The fourth-order valence-electron chi connectivity index (χ4n) is 2.39. The van der Waals surface area contributed by atoms with Gasteiger partial charge in [0.1, 0.15) is 0 Å². The van der Waals surface area contributed by atoms with E-state index in [1.165, 1.54) is 11.4 Å². The molecule has 1 aromatic rings. The lowest BCUT2D eigenvalue weighted by Gasteiger charge is -2.43. The second kappa shape index (κ2) is 4.86. The molecule has 0 spiro atoms. The molecule has 1 N–H and O–H groups in total. The molecule has 1 saturated heterocycles. The van der Waals surface area contributed by atoms with Gasteiger partial charge in [-0.15, -0.1) is 11.3 Å². The van der Waals surface area contributed by atoms with Crippen LogP contribution in [0.15, 0.2) is 17.5 Å². The smallest absolute Gasteiger partial charge is 0.0332 e. The molecule has 0 aliphatic carbocycles. The van der Waals surface area contributed by atoms with Crippen molar-refractivity contribution in [3.63, 3.8) is 0 Å². The predicted octanol–water partition coefficient (Wildman–Crippen LogP) is 2.57. The third-order valence-electron chi connectivity index (χ3n) is 3.29. The first-order valence-electron chi connectivity index (χ1n) is 6.04. The number of hydrogen-bond donors (Lipinski definition) is 1. The summed E-state index contributed by atoms with van der Waals surface area (Å²) in [6.45, 7) is 11.5. The highest BCUT2D eigenvalue weighted by Gasteiger charge is 2.32. The molecule has 0 radical (unpaired) electrons. The molecule has 0 aromatic carbocycles. The van der Waals surface area contributed by atoms with Crippen molar-refractivity contribution < 1.29 is 0 Å². The Morgan fingerprint density at radius 2 is 2.31 bits per heavy atom. The van der Waals surface area contributed by atoms with Crippen LogP contribution in [0.4, 0.5) is 0 Å². The van der Waals surface area contributed by atoms with E-state index < -0.39 is 0 Å². The Hall–Kier alpha value is -0.380. The first-order valence-corrected chi connectivity index (χ1v) is 6.92. The molecule has 1 unspecified atom stereocenters. The highest BCUT2D eigenvalue weighted by Crippen LogP contribution is 2.27. The van der Waals surface area contributed by atoms with Crippen molar-refractivity contribution in [1.29, 1.82) is 0 Å². The fraction of sp³-hybridized carbons (Fsp3) is 0.692. The van der Waals surface area contributed by atoms with E-state index in [4.69, 9.17) is 0 Å². The van der Waals surface area contributed by atoms with Crippen LogP contribution >= 0.6 is 11.3 Å². The third-order valence-corrected chi connectivity index (χ3v) is 4.15. The van der Waals surface area contributed by atoms with Crippen LogP contribution in [0.3, 0.4) is 0 Å². The summed E-state index contributed by atoms with van der Waals surface area (Å²) < 4.78 is 0. The Kier molecular flexibility index (Phi) is 3.67. The van der Waals surface area contributed by atoms with Crippen LogP contribution < -0.4 is 5.32 Å². The molecular formula is C13H22N2S. The first kappa shape index (κ1) is 12.1. The maximum atomic E-state index is 3.51. The molecule has 0 saturated carbocycles. The Morgan fingerprint density at radius 1 is 1.50 bits per heavy atom. The van der Waals surface area contributed by atoms with Crippen LogP contribution in [0.5, 0.6) is 0 Å². The molecular weight excluding hydrogens is 216 g/mol. The van der Waals surface area contributed by atoms with Crippen LogP contribution in [0.2, 0.25) is 0 Å². The topological polar surface area (TPSA) is 15.3 Å². The maximum absolute atomic E-state index is 3.51. The number of piperazine rings is 1. The Bertz CT molecular complexity index is 313. The molecule has 0 bridgehead atoms. The number of hydrogen-bond acceptors (Lipinski definition) is 3. The van der Waals surface area contributed by atoms with E-state index in [1.807, 2.05) is 11.3 Å². The van der Waals surface area contributed by atoms with Crippen LogP contribution in [0.1, 0.15) is 25.6 Å². The molecule has 1 aliphatic rings. The molecule has 2 rings (SSSR count). The lowest BCUT2D eigenvalue weighted by atomic mass is 9.84. The molecule has 1 aliphatic heterocycles. The van der Waals surface area contributed by atoms with Crippen molar-refractivity contribution >= 4 is 11.3 Å². The van der Waals surface area contributed by atoms with Gasteiger partial charge in [0.25, 0.3) is 0 Å². The SMILES string of the molecule is CC(C)(C)C1CNCCN1Cc1cccs1. The fourth-order valence-corrected chi connectivity index (χ4v) is 3.12. The van der Waals surface area contributed by atoms with Gasteiger partial charge in [-0.1, -0.05) is 26.8 Å². The maximum Gasteiger partial charge on any atom is 0.0332 e. The first-order chi connectivity index (χ1) is 7.57. The molecule has 90 valence electrons. The zero-order chi connectivity index (χ0) is 11.6. The van der Waals surface area contributed by atoms with Crippen molar-refractivity contribution in [2.24, 2.45) is 5.41 Å². The Labute approximate surface area is 103 Å². The molecule has 3 heteroatoms. The summed E-state index contributed by atoms with van der Waals surface area (Å²) in [4.78, 5) is 4.11. The monoisotopic (exact) mass is 238 g/mol. The van der Waals surface area contributed by atoms with Gasteiger partial charge in [0.2, 0.25) is 0 Å². The standard InChI is InChI=1S/C13H22N2S/c1-13(2,3)12-9-14-6-7-15(12)10-11-5-4-8-16-11/h4-5,8,12,14H,6-7,9-10H2,1-3H3. The highest BCUT2D eigenvalue weighted by molar-refractivity contribution is 7.09. The second-order valence-electron chi connectivity index (χ2n) is 5.64. The molecule has 2 nitrogen and oxygen atoms in total. The van der Waals surface area contributed by atoms with Crippen molar-refractivity contribution in [1.82, 2.24) is 10.2 Å². The van der Waals surface area contributed by atoms with E-state index in [0.29, 0.717) is 11.5 Å². The normalized spacial score (nSPS) is 23.6. The predicted molar refractivity (Wildman–Crippen MR) is 70.8 cm³/mol. The molecule has 1 atom stereocenters. The van der Waals surface area contributed by atoms with Gasteiger partial charge in [-0.3, -0.25) is 4.90 Å². The van der Waals surface area contributed by atoms with E-state index in [1.54, 1.807) is 0 Å². The molecule has 16 heavy (non-hydrogen) atoms. The third kappa shape index (κ3) is 2.84. The zero-order valence-corrected chi connectivity index (χ0v) is 11.3. The minimum atomic E-state index is 0.352. The summed E-state index contributed by atoms with van der Waals surface area (Å²) in [5.74, 6) is 0. The van der Waals surface area contributed by atoms with E-state index in [-0.39, 0.29) is 0 Å². The number of rotatable bonds is 2. The summed E-state index contributed by atoms with van der Waals surface area (Å²) in [6, 6.07) is 5.03. The lowest BCUT2D eigenvalue weighted by molar-refractivity contribution is 0.0698. The molecule has 1 aromatic heterocycles. The Morgan fingerprint density at radius 3 is 2.94 bits per heavy atom. The molecule has 2 heterocycles. The van der Waals surface area contributed by atoms with Crippen molar-refractivity contribution in [2.75, 3.05) is 19.6 Å². The second-order valence-corrected chi connectivity index (χ2v) is 6.67. The van der Waals surface area contributed by atoms with Crippen LogP contribution in [0, 0.1) is 5.41 Å². The molecule has 0 amide bonds. The zero-order valence-electron chi connectivity index (χ0n) is 10.5. The quantitative estimate of drug-likeness (QED) is 0.852. The van der Waals surface area contributed by atoms with E-state index in [9.17, 15) is 0 Å². The summed E-state index contributed by atoms with van der Waals surface area (Å²) >= 11 is 1.87. The molecule has 1 fully saturated rings. The van der Waals surface area contributed by atoms with E-state index in [0.717, 1.165) is 19.6 Å². The Balaban J connectivity index is 2.05. The van der Waals surface area contributed by atoms with Gasteiger partial charge in [-0.25, -0.2) is 0 Å². The van der Waals surface area contributed by atoms with Gasteiger partial charge >= 0.3 is 0 Å². The van der Waals surface area contributed by atoms with Crippen LogP contribution in [0.25, 0.3) is 0 Å². The van der Waals surface area contributed by atoms with Gasteiger partial charge < -0.3 is 5.32 Å². The number of nitrogens with one attached hydrogen (secondary N) is 1. The minimum absolute atomic E-state index is 0.352. The average Bonchev–Trinajstić information content (AvgIpc) is 2.70. The number of thiophene rings is 1. The van der Waals surface area contributed by atoms with Crippen LogP contribution in [-0.4, -0.2) is 30.6 Å². The lowest BCUT2D eigenvalue weighted by Crippen LogP contribution is -2.56. The van der Waals surface area contributed by atoms with Gasteiger partial charge in [0.15, 0.2) is 0 Å². The summed E-state index contributed by atoms with van der Waals surface area (Å²) in [5.41, 5.74) is 0.352. The van der Waals surface area contributed by atoms with Crippen molar-refractivity contribution in [3.8, 4) is 0 Å². The summed E-state index contributed by atoms with van der Waals surface area (Å²) in [5, 5.41) is 5.68. The summed E-state index contributed by atoms with van der Waals surface area (Å²) in [7, 11) is 0. The van der Waals surface area contributed by atoms with Crippen molar-refractivity contribution in [2.45, 2.75) is 33.4 Å². The minimum Gasteiger partial charge on any atom is -0.314 e. The van der Waals surface area contributed by atoms with E-state index >= 15 is 0 Å².